The molecule has 1 saturated carbocycles. The van der Waals surface area contributed by atoms with E-state index in [1.54, 1.807) is 19.4 Å². The first-order valence-electron chi connectivity index (χ1n) is 13.2. The number of likely N-dealkylation sites (tertiary alicyclic amines) is 1. The minimum absolute atomic E-state index is 0.112. The van der Waals surface area contributed by atoms with Gasteiger partial charge < -0.3 is 24.5 Å². The van der Waals surface area contributed by atoms with Crippen LogP contribution in [0.5, 0.6) is 11.5 Å². The minimum Gasteiger partial charge on any atom is -0.448 e. The van der Waals surface area contributed by atoms with Gasteiger partial charge in [0.15, 0.2) is 11.5 Å². The summed E-state index contributed by atoms with van der Waals surface area (Å²) in [7, 11) is 1.78. The number of carbonyl (C=O) groups is 1. The van der Waals surface area contributed by atoms with Crippen LogP contribution in [0.1, 0.15) is 59.7 Å². The van der Waals surface area contributed by atoms with Crippen molar-refractivity contribution < 1.29 is 19.0 Å². The van der Waals surface area contributed by atoms with E-state index in [4.69, 9.17) is 25.8 Å². The maximum atomic E-state index is 13.2. The lowest BCUT2D eigenvalue weighted by Gasteiger charge is -2.47. The van der Waals surface area contributed by atoms with Gasteiger partial charge in [0.1, 0.15) is 0 Å². The molecule has 1 amide bonds. The molecular formula is C28H36ClN3O5S. The third-order valence-corrected chi connectivity index (χ3v) is 9.67. The second-order valence-corrected chi connectivity index (χ2v) is 11.9. The molecule has 10 heteroatoms. The number of fused-ring (bicyclic) bond motifs is 1. The van der Waals surface area contributed by atoms with Gasteiger partial charge in [0, 0.05) is 67.8 Å². The number of nitrogens with zero attached hydrogens (tertiary/aromatic N) is 1. The van der Waals surface area contributed by atoms with E-state index >= 15 is 0 Å². The Balaban J connectivity index is 1.28. The van der Waals surface area contributed by atoms with Gasteiger partial charge in [0.25, 0.3) is 17.3 Å². The first kappa shape index (κ1) is 27.4. The van der Waals surface area contributed by atoms with E-state index in [1.165, 1.54) is 11.8 Å². The highest BCUT2D eigenvalue weighted by atomic mass is 35.5. The smallest absolute Gasteiger partial charge is 0.254 e. The van der Waals surface area contributed by atoms with Crippen molar-refractivity contribution in [2.45, 2.75) is 75.8 Å². The zero-order chi connectivity index (χ0) is 27.2. The molecule has 0 bridgehead atoms. The molecule has 2 aromatic rings. The summed E-state index contributed by atoms with van der Waals surface area (Å²) in [5.74, 6) is 0.0910. The van der Waals surface area contributed by atoms with Crippen LogP contribution >= 0.6 is 23.4 Å². The fourth-order valence-corrected chi connectivity index (χ4v) is 7.03. The van der Waals surface area contributed by atoms with E-state index < -0.39 is 5.79 Å². The van der Waals surface area contributed by atoms with Crippen molar-refractivity contribution in [2.75, 3.05) is 26.5 Å². The van der Waals surface area contributed by atoms with E-state index in [9.17, 15) is 9.59 Å². The summed E-state index contributed by atoms with van der Waals surface area (Å²) in [6.07, 6.45) is 8.15. The molecular weight excluding hydrogens is 526 g/mol. The number of rotatable bonds is 7. The van der Waals surface area contributed by atoms with Crippen molar-refractivity contribution in [2.24, 2.45) is 5.92 Å². The summed E-state index contributed by atoms with van der Waals surface area (Å²) >= 11 is 8.11. The van der Waals surface area contributed by atoms with Crippen LogP contribution in [-0.4, -0.2) is 60.2 Å². The summed E-state index contributed by atoms with van der Waals surface area (Å²) in [4.78, 5) is 31.8. The molecule has 0 radical (unpaired) electrons. The molecule has 3 heterocycles. The number of benzene rings is 1. The lowest BCUT2D eigenvalue weighted by Crippen LogP contribution is -2.57. The summed E-state index contributed by atoms with van der Waals surface area (Å²) < 4.78 is 18.3. The Kier molecular flexibility index (Phi) is 7.75. The molecule has 1 aliphatic carbocycles. The number of aromatic amines is 1. The summed E-state index contributed by atoms with van der Waals surface area (Å²) in [5.41, 5.74) is 2.37. The number of hydrogen-bond acceptors (Lipinski definition) is 7. The van der Waals surface area contributed by atoms with Crippen LogP contribution in [0.3, 0.4) is 0 Å². The Labute approximate surface area is 232 Å². The molecule has 3 aliphatic rings. The van der Waals surface area contributed by atoms with Gasteiger partial charge in [-0.25, -0.2) is 0 Å². The molecule has 0 spiro atoms. The fourth-order valence-electron chi connectivity index (χ4n) is 6.01. The van der Waals surface area contributed by atoms with Crippen molar-refractivity contribution >= 4 is 29.3 Å². The van der Waals surface area contributed by atoms with E-state index in [0.717, 1.165) is 49.2 Å². The summed E-state index contributed by atoms with van der Waals surface area (Å²) in [6, 6.07) is 2.21. The Morgan fingerprint density at radius 2 is 1.92 bits per heavy atom. The van der Waals surface area contributed by atoms with Crippen molar-refractivity contribution in [3.05, 3.63) is 49.9 Å². The molecule has 1 saturated heterocycles. The van der Waals surface area contributed by atoms with E-state index in [0.29, 0.717) is 45.4 Å². The maximum Gasteiger partial charge on any atom is 0.254 e. The monoisotopic (exact) mass is 561 g/mol. The summed E-state index contributed by atoms with van der Waals surface area (Å²) in [5, 5.41) is 3.24. The topological polar surface area (TPSA) is 92.9 Å². The van der Waals surface area contributed by atoms with Crippen LogP contribution in [0.4, 0.5) is 0 Å². The van der Waals surface area contributed by atoms with Gasteiger partial charge in [-0.2, -0.15) is 0 Å². The zero-order valence-corrected chi connectivity index (χ0v) is 24.2. The normalized spacial score (nSPS) is 25.3. The number of nitrogens with one attached hydrogen (secondary N) is 2. The van der Waals surface area contributed by atoms with Crippen LogP contribution in [-0.2, 0) is 11.3 Å². The van der Waals surface area contributed by atoms with Gasteiger partial charge in [-0.05, 0) is 57.4 Å². The second-order valence-electron chi connectivity index (χ2n) is 10.7. The molecule has 2 aliphatic heterocycles. The first-order chi connectivity index (χ1) is 18.1. The largest absolute Gasteiger partial charge is 0.448 e. The summed E-state index contributed by atoms with van der Waals surface area (Å²) in [6.45, 7) is 7.89. The Morgan fingerprint density at radius 1 is 1.24 bits per heavy atom. The quantitative estimate of drug-likeness (QED) is 0.474. The number of halogens is 1. The highest BCUT2D eigenvalue weighted by Crippen LogP contribution is 2.51. The Morgan fingerprint density at radius 3 is 2.58 bits per heavy atom. The highest BCUT2D eigenvalue weighted by Gasteiger charge is 2.48. The fraction of sp³-hybridized carbons (Fsp3) is 0.571. The minimum atomic E-state index is -0.830. The van der Waals surface area contributed by atoms with Crippen LogP contribution < -0.4 is 20.3 Å². The molecule has 5 rings (SSSR count). The maximum absolute atomic E-state index is 13.2. The lowest BCUT2D eigenvalue weighted by atomic mass is 9.80. The van der Waals surface area contributed by atoms with Crippen molar-refractivity contribution in [3.8, 4) is 11.5 Å². The number of aryl methyl sites for hydroxylation is 1. The van der Waals surface area contributed by atoms with Crippen LogP contribution in [0, 0.1) is 19.8 Å². The number of carbonyl (C=O) groups excluding carboxylic acids is 1. The molecule has 1 unspecified atom stereocenters. The average Bonchev–Trinajstić information content (AvgIpc) is 3.26. The van der Waals surface area contributed by atoms with Crippen LogP contribution in [0.2, 0.25) is 5.02 Å². The number of H-pyrrole nitrogens is 1. The molecule has 1 aromatic heterocycles. The zero-order valence-electron chi connectivity index (χ0n) is 22.6. The van der Waals surface area contributed by atoms with Gasteiger partial charge >= 0.3 is 0 Å². The van der Waals surface area contributed by atoms with E-state index in [2.05, 4.69) is 15.2 Å². The number of ether oxygens (including phenoxy) is 3. The van der Waals surface area contributed by atoms with Crippen molar-refractivity contribution in [3.63, 3.8) is 0 Å². The lowest BCUT2D eigenvalue weighted by molar-refractivity contribution is -0.130. The van der Waals surface area contributed by atoms with Gasteiger partial charge in [0.2, 0.25) is 0 Å². The van der Waals surface area contributed by atoms with Gasteiger partial charge in [-0.15, -0.1) is 11.8 Å². The van der Waals surface area contributed by atoms with E-state index in [-0.39, 0.29) is 23.9 Å². The number of amides is 1. The predicted octanol–water partition coefficient (Wildman–Crippen LogP) is 4.67. The van der Waals surface area contributed by atoms with Crippen LogP contribution in [0.25, 0.3) is 0 Å². The molecule has 1 atom stereocenters. The third kappa shape index (κ3) is 4.94. The van der Waals surface area contributed by atoms with Crippen molar-refractivity contribution in [1.82, 2.24) is 15.2 Å². The Hall–Kier alpha value is -2.20. The van der Waals surface area contributed by atoms with Gasteiger partial charge in [-0.1, -0.05) is 11.6 Å². The first-order valence-corrected chi connectivity index (χ1v) is 14.8. The molecule has 8 nitrogen and oxygen atoms in total. The number of aromatic nitrogens is 1. The van der Waals surface area contributed by atoms with Crippen LogP contribution in [0.15, 0.2) is 22.0 Å². The van der Waals surface area contributed by atoms with Crippen molar-refractivity contribution in [1.29, 1.82) is 0 Å². The van der Waals surface area contributed by atoms with Gasteiger partial charge in [0.05, 0.1) is 16.7 Å². The number of pyridine rings is 1. The number of thioether (sulfide) groups is 1. The third-order valence-electron chi connectivity index (χ3n) is 8.41. The molecule has 206 valence electrons. The Bertz CT molecular complexity index is 1290. The molecule has 2 fully saturated rings. The molecule has 1 aromatic carbocycles. The SMILES string of the molecule is COC1CN(C2CCC(C3(C)Oc4c(Cl)cc(C(=O)NCc5c(SC)c(C)c[nH]c5=O)c(C)c4O3)CC2)C1. The average molecular weight is 562 g/mol. The highest BCUT2D eigenvalue weighted by molar-refractivity contribution is 7.98. The van der Waals surface area contributed by atoms with Gasteiger partial charge in [-0.3, -0.25) is 14.5 Å². The molecule has 38 heavy (non-hydrogen) atoms. The molecule has 2 N–H and O–H groups in total. The second kappa shape index (κ2) is 10.8. The standard InChI is InChI=1S/C28H36ClN3O5S/c1-15-11-30-27(34)21(25(15)38-5)12-31-26(33)20-10-22(29)24-23(16(20)2)36-28(3,37-24)17-6-8-18(9-7-17)32-13-19(14-32)35-4/h10-11,17-19H,6-9,12-14H2,1-5H3,(H,30,34)(H,31,33). The van der Waals surface area contributed by atoms with E-state index in [1.807, 2.05) is 27.0 Å². The number of methoxy groups -OCH3 is 1. The predicted molar refractivity (Wildman–Crippen MR) is 149 cm³/mol. The number of hydrogen-bond donors (Lipinski definition) is 2.